The van der Waals surface area contributed by atoms with E-state index in [0.717, 1.165) is 83.5 Å². The number of allylic oxidation sites excluding steroid dienone is 10. The van der Waals surface area contributed by atoms with Crippen LogP contribution >= 0.6 is 0 Å². The van der Waals surface area contributed by atoms with Crippen molar-refractivity contribution in [2.24, 2.45) is 0 Å². The lowest BCUT2D eigenvalue weighted by molar-refractivity contribution is -0.167. The third-order valence-electron chi connectivity index (χ3n) is 15.3. The monoisotopic (exact) mass is 1090 g/mol. The minimum Gasteiger partial charge on any atom is -0.462 e. The summed E-state index contributed by atoms with van der Waals surface area (Å²) in [7, 11) is 0. The molecule has 0 heterocycles. The molecule has 0 radical (unpaired) electrons. The van der Waals surface area contributed by atoms with Crippen LogP contribution in [0.25, 0.3) is 0 Å². The van der Waals surface area contributed by atoms with Gasteiger partial charge in [-0.3, -0.25) is 14.4 Å². The highest BCUT2D eigenvalue weighted by Crippen LogP contribution is 2.18. The quantitative estimate of drug-likeness (QED) is 0.0261. The van der Waals surface area contributed by atoms with E-state index in [-0.39, 0.29) is 31.1 Å². The van der Waals surface area contributed by atoms with E-state index in [9.17, 15) is 14.4 Å². The molecule has 0 aliphatic heterocycles. The molecule has 0 spiro atoms. The number of ether oxygens (including phenoxy) is 3. The van der Waals surface area contributed by atoms with E-state index in [2.05, 4.69) is 81.5 Å². The van der Waals surface area contributed by atoms with Gasteiger partial charge in [-0.1, -0.05) is 319 Å². The minimum atomic E-state index is -0.789. The van der Waals surface area contributed by atoms with Crippen LogP contribution in [0.2, 0.25) is 0 Å². The third-order valence-corrected chi connectivity index (χ3v) is 15.3. The Hall–Kier alpha value is -2.89. The van der Waals surface area contributed by atoms with E-state index in [1.165, 1.54) is 238 Å². The summed E-state index contributed by atoms with van der Waals surface area (Å²) in [5.41, 5.74) is 0. The second-order valence-electron chi connectivity index (χ2n) is 23.1. The first-order valence-electron chi connectivity index (χ1n) is 34.3. The van der Waals surface area contributed by atoms with Crippen molar-refractivity contribution >= 4 is 17.9 Å². The molecule has 0 saturated heterocycles. The molecule has 6 nitrogen and oxygen atoms in total. The molecule has 78 heavy (non-hydrogen) atoms. The highest BCUT2D eigenvalue weighted by atomic mass is 16.6. The van der Waals surface area contributed by atoms with E-state index >= 15 is 0 Å². The van der Waals surface area contributed by atoms with Gasteiger partial charge in [0, 0.05) is 19.3 Å². The van der Waals surface area contributed by atoms with E-state index in [0.29, 0.717) is 19.3 Å². The molecule has 454 valence electrons. The molecule has 0 aromatic carbocycles. The van der Waals surface area contributed by atoms with Crippen LogP contribution in [0.3, 0.4) is 0 Å². The van der Waals surface area contributed by atoms with E-state index in [1.54, 1.807) is 0 Å². The zero-order chi connectivity index (χ0) is 56.4. The van der Waals surface area contributed by atoms with Gasteiger partial charge in [0.2, 0.25) is 0 Å². The second kappa shape index (κ2) is 66.6. The molecule has 0 N–H and O–H groups in total. The van der Waals surface area contributed by atoms with Crippen molar-refractivity contribution in [3.05, 3.63) is 60.8 Å². The van der Waals surface area contributed by atoms with Crippen molar-refractivity contribution < 1.29 is 28.6 Å². The summed E-state index contributed by atoms with van der Waals surface area (Å²) in [6, 6.07) is 0. The molecular formula is C72H130O6. The first kappa shape index (κ1) is 75.1. The number of carbonyl (C=O) groups is 3. The summed E-state index contributed by atoms with van der Waals surface area (Å²) in [6.07, 6.45) is 85.4. The van der Waals surface area contributed by atoms with Crippen LogP contribution in [-0.4, -0.2) is 37.2 Å². The maximum atomic E-state index is 12.9. The van der Waals surface area contributed by atoms with Gasteiger partial charge in [0.15, 0.2) is 6.10 Å². The molecule has 1 atom stereocenters. The molecule has 0 aliphatic rings. The number of esters is 3. The predicted molar refractivity (Wildman–Crippen MR) is 339 cm³/mol. The SMILES string of the molecule is CC/C=C\C/C=C\C/C=C\C/C=C\CCCCC(=O)OCC(COC(=O)CCCCCCCCCCCCCCCCCCC/C=C\CCCCCCCCCC)OC(=O)CCCCCCCCCCCCCCCCCC. The van der Waals surface area contributed by atoms with Gasteiger partial charge in [-0.2, -0.15) is 0 Å². The van der Waals surface area contributed by atoms with Crippen LogP contribution in [0, 0.1) is 0 Å². The van der Waals surface area contributed by atoms with Gasteiger partial charge in [-0.15, -0.1) is 0 Å². The largest absolute Gasteiger partial charge is 0.462 e. The summed E-state index contributed by atoms with van der Waals surface area (Å²) in [5.74, 6) is -0.904. The van der Waals surface area contributed by atoms with Gasteiger partial charge < -0.3 is 14.2 Å². The van der Waals surface area contributed by atoms with Crippen LogP contribution in [0.5, 0.6) is 0 Å². The number of hydrogen-bond acceptors (Lipinski definition) is 6. The lowest BCUT2D eigenvalue weighted by atomic mass is 10.0. The molecule has 0 saturated carbocycles. The van der Waals surface area contributed by atoms with Crippen molar-refractivity contribution in [2.75, 3.05) is 13.2 Å². The van der Waals surface area contributed by atoms with E-state index in [1.807, 2.05) is 0 Å². The fourth-order valence-electron chi connectivity index (χ4n) is 10.1. The minimum absolute atomic E-state index is 0.0830. The van der Waals surface area contributed by atoms with Gasteiger partial charge in [-0.05, 0) is 83.5 Å². The average Bonchev–Trinajstić information content (AvgIpc) is 3.44. The first-order valence-corrected chi connectivity index (χ1v) is 34.3. The van der Waals surface area contributed by atoms with Crippen molar-refractivity contribution in [1.82, 2.24) is 0 Å². The zero-order valence-electron chi connectivity index (χ0n) is 52.2. The maximum Gasteiger partial charge on any atom is 0.306 e. The highest BCUT2D eigenvalue weighted by molar-refractivity contribution is 5.71. The second-order valence-corrected chi connectivity index (χ2v) is 23.1. The molecule has 0 fully saturated rings. The molecule has 0 amide bonds. The fourth-order valence-corrected chi connectivity index (χ4v) is 10.1. The standard InChI is InChI=1S/C72H130O6/c1-4-7-10-13-16-19-22-25-28-30-31-32-33-34-35-36-37-38-39-40-41-42-45-47-50-53-56-59-62-65-71(74)77-68-69(67-76-70(73)64-61-58-55-52-49-46-43-27-24-21-18-15-12-9-6-3)78-72(75)66-63-60-57-54-51-48-44-29-26-23-20-17-14-11-8-5-2/h9,12,18,21,27,30-31,43,49,52,69H,4-8,10-11,13-17,19-20,22-26,28-29,32-42,44-48,50-51,53-68H2,1-3H3/b12-9-,21-18-,31-30-,43-27-,52-49-. The molecular weight excluding hydrogens is 961 g/mol. The maximum absolute atomic E-state index is 12.9. The summed E-state index contributed by atoms with van der Waals surface area (Å²) in [5, 5.41) is 0. The average molecular weight is 1090 g/mol. The van der Waals surface area contributed by atoms with Gasteiger partial charge in [0.05, 0.1) is 0 Å². The number of carbonyl (C=O) groups excluding carboxylic acids is 3. The molecule has 0 aromatic heterocycles. The van der Waals surface area contributed by atoms with E-state index in [4.69, 9.17) is 14.2 Å². The van der Waals surface area contributed by atoms with Gasteiger partial charge >= 0.3 is 17.9 Å². The Labute approximate surface area is 485 Å². The molecule has 6 heteroatoms. The molecule has 0 bridgehead atoms. The van der Waals surface area contributed by atoms with Crippen LogP contribution in [0.1, 0.15) is 361 Å². The summed E-state index contributed by atoms with van der Waals surface area (Å²) in [6.45, 7) is 6.55. The normalized spacial score (nSPS) is 12.4. The zero-order valence-corrected chi connectivity index (χ0v) is 52.2. The van der Waals surface area contributed by atoms with Crippen LogP contribution in [0.4, 0.5) is 0 Å². The van der Waals surface area contributed by atoms with Gasteiger partial charge in [0.1, 0.15) is 13.2 Å². The lowest BCUT2D eigenvalue weighted by Gasteiger charge is -2.18. The van der Waals surface area contributed by atoms with Crippen LogP contribution in [0.15, 0.2) is 60.8 Å². The fraction of sp³-hybridized carbons (Fsp3) is 0.819. The van der Waals surface area contributed by atoms with Gasteiger partial charge in [0.25, 0.3) is 0 Å². The smallest absolute Gasteiger partial charge is 0.306 e. The van der Waals surface area contributed by atoms with Crippen molar-refractivity contribution in [3.63, 3.8) is 0 Å². The number of hydrogen-bond donors (Lipinski definition) is 0. The summed E-state index contributed by atoms with van der Waals surface area (Å²) >= 11 is 0. The molecule has 0 rings (SSSR count). The Bertz CT molecular complexity index is 1390. The predicted octanol–water partition coefficient (Wildman–Crippen LogP) is 23.5. The third kappa shape index (κ3) is 63.9. The van der Waals surface area contributed by atoms with Crippen LogP contribution in [-0.2, 0) is 28.6 Å². The van der Waals surface area contributed by atoms with Gasteiger partial charge in [-0.25, -0.2) is 0 Å². The lowest BCUT2D eigenvalue weighted by Crippen LogP contribution is -2.30. The Morgan fingerprint density at radius 3 is 0.821 bits per heavy atom. The van der Waals surface area contributed by atoms with Crippen LogP contribution < -0.4 is 0 Å². The number of unbranched alkanes of at least 4 members (excludes halogenated alkanes) is 42. The van der Waals surface area contributed by atoms with Crippen molar-refractivity contribution in [2.45, 2.75) is 367 Å². The Balaban J connectivity index is 4.22. The molecule has 0 aromatic rings. The Morgan fingerprint density at radius 2 is 0.500 bits per heavy atom. The Morgan fingerprint density at radius 1 is 0.269 bits per heavy atom. The first-order chi connectivity index (χ1) is 38.5. The summed E-state index contributed by atoms with van der Waals surface area (Å²) < 4.78 is 16.9. The number of rotatable bonds is 63. The Kier molecular flexibility index (Phi) is 64.2. The van der Waals surface area contributed by atoms with E-state index < -0.39 is 6.10 Å². The highest BCUT2D eigenvalue weighted by Gasteiger charge is 2.19. The molecule has 0 aliphatic carbocycles. The summed E-state index contributed by atoms with van der Waals surface area (Å²) in [4.78, 5) is 38.3. The molecule has 1 unspecified atom stereocenters. The van der Waals surface area contributed by atoms with Crippen molar-refractivity contribution in [3.8, 4) is 0 Å². The van der Waals surface area contributed by atoms with Crippen molar-refractivity contribution in [1.29, 1.82) is 0 Å². The topological polar surface area (TPSA) is 78.9 Å².